The lowest BCUT2D eigenvalue weighted by Gasteiger charge is -2.34. The predicted molar refractivity (Wildman–Crippen MR) is 75.5 cm³/mol. The molecule has 0 aromatic rings. The summed E-state index contributed by atoms with van der Waals surface area (Å²) in [5.74, 6) is -15.8. The van der Waals surface area contributed by atoms with Crippen LogP contribution in [0.15, 0.2) is 24.3 Å². The molecule has 0 heterocycles. The summed E-state index contributed by atoms with van der Waals surface area (Å²) in [4.78, 5) is 22.8. The van der Waals surface area contributed by atoms with Gasteiger partial charge >= 0.3 is 30.2 Å². The molecule has 0 aromatic carbocycles. The van der Waals surface area contributed by atoms with E-state index < -0.39 is 48.8 Å². The molecule has 0 aromatic heterocycles. The highest BCUT2D eigenvalue weighted by atomic mass is 19.3. The van der Waals surface area contributed by atoms with Crippen molar-refractivity contribution in [2.24, 2.45) is 5.92 Å². The second kappa shape index (κ2) is 8.39. The largest absolute Gasteiger partial charge is 0.458 e. The van der Waals surface area contributed by atoms with Gasteiger partial charge in [0.2, 0.25) is 0 Å². The molecule has 0 saturated carbocycles. The van der Waals surface area contributed by atoms with Gasteiger partial charge in [-0.15, -0.1) is 0 Å². The zero-order valence-electron chi connectivity index (χ0n) is 13.8. The van der Waals surface area contributed by atoms with Crippen LogP contribution in [0.3, 0.4) is 0 Å². The van der Waals surface area contributed by atoms with Gasteiger partial charge in [-0.25, -0.2) is 18.4 Å². The standard InChI is InChI=1S/C15H18F6O4/c1-7(2)11(22)24-6-10(25-12(23)8(3)4)9(5)14(18,19)15(20,21)13(16)17/h9-10,13H,1,3,6H2,2,4-5H3. The molecule has 0 saturated heterocycles. The summed E-state index contributed by atoms with van der Waals surface area (Å²) in [6.45, 7) is 8.18. The van der Waals surface area contributed by atoms with E-state index in [1.54, 1.807) is 0 Å². The third-order valence-electron chi connectivity index (χ3n) is 3.18. The Balaban J connectivity index is 5.55. The maximum Gasteiger partial charge on any atom is 0.369 e. The molecule has 25 heavy (non-hydrogen) atoms. The molecule has 0 aliphatic carbocycles. The van der Waals surface area contributed by atoms with Gasteiger partial charge in [0.1, 0.15) is 12.7 Å². The lowest BCUT2D eigenvalue weighted by atomic mass is 9.92. The summed E-state index contributed by atoms with van der Waals surface area (Å²) in [7, 11) is 0. The highest BCUT2D eigenvalue weighted by Crippen LogP contribution is 2.45. The number of ether oxygens (including phenoxy) is 2. The topological polar surface area (TPSA) is 52.6 Å². The SMILES string of the molecule is C=C(C)C(=O)OCC(OC(=O)C(=C)C)C(C)C(F)(F)C(F)(F)C(F)F. The summed E-state index contributed by atoms with van der Waals surface area (Å²) in [5.41, 5.74) is -0.394. The number of rotatable bonds is 9. The van der Waals surface area contributed by atoms with Gasteiger partial charge in [-0.1, -0.05) is 20.1 Å². The highest BCUT2D eigenvalue weighted by molar-refractivity contribution is 5.87. The Kier molecular flexibility index (Phi) is 7.72. The maximum atomic E-state index is 13.8. The van der Waals surface area contributed by atoms with E-state index in [0.717, 1.165) is 6.92 Å². The Hall–Kier alpha value is -2.00. The van der Waals surface area contributed by atoms with Crippen molar-refractivity contribution in [1.82, 2.24) is 0 Å². The first-order chi connectivity index (χ1) is 11.2. The molecule has 0 fully saturated rings. The van der Waals surface area contributed by atoms with Crippen LogP contribution in [0, 0.1) is 5.92 Å². The molecule has 0 radical (unpaired) electrons. The molecule has 0 aliphatic heterocycles. The smallest absolute Gasteiger partial charge is 0.369 e. The van der Waals surface area contributed by atoms with Gasteiger partial charge in [0.05, 0.1) is 5.92 Å². The Morgan fingerprint density at radius 3 is 1.76 bits per heavy atom. The van der Waals surface area contributed by atoms with Crippen molar-refractivity contribution >= 4 is 11.9 Å². The van der Waals surface area contributed by atoms with Crippen molar-refractivity contribution in [3.8, 4) is 0 Å². The van der Waals surface area contributed by atoms with Crippen molar-refractivity contribution in [3.05, 3.63) is 24.3 Å². The highest BCUT2D eigenvalue weighted by Gasteiger charge is 2.67. The molecular formula is C15H18F6O4. The number of carbonyl (C=O) groups is 2. The lowest BCUT2D eigenvalue weighted by molar-refractivity contribution is -0.293. The van der Waals surface area contributed by atoms with Gasteiger partial charge < -0.3 is 9.47 Å². The number of alkyl halides is 6. The minimum Gasteiger partial charge on any atom is -0.458 e. The van der Waals surface area contributed by atoms with Crippen LogP contribution in [-0.4, -0.2) is 42.9 Å². The number of hydrogen-bond donors (Lipinski definition) is 0. The van der Waals surface area contributed by atoms with Gasteiger partial charge in [0, 0.05) is 11.1 Å². The van der Waals surface area contributed by atoms with Gasteiger partial charge in [0.15, 0.2) is 0 Å². The van der Waals surface area contributed by atoms with Crippen LogP contribution in [0.1, 0.15) is 20.8 Å². The van der Waals surface area contributed by atoms with Gasteiger partial charge in [0.25, 0.3) is 0 Å². The molecule has 0 spiro atoms. The molecule has 0 N–H and O–H groups in total. The molecule has 2 unspecified atom stereocenters. The molecule has 2 atom stereocenters. The average Bonchev–Trinajstić information content (AvgIpc) is 2.49. The van der Waals surface area contributed by atoms with Crippen LogP contribution in [0.4, 0.5) is 26.3 Å². The quantitative estimate of drug-likeness (QED) is 0.349. The zero-order chi connectivity index (χ0) is 20.2. The summed E-state index contributed by atoms with van der Waals surface area (Å²) in [6.07, 6.45) is -6.77. The van der Waals surface area contributed by atoms with Crippen molar-refractivity contribution in [1.29, 1.82) is 0 Å². The first-order valence-corrected chi connectivity index (χ1v) is 6.89. The Morgan fingerprint density at radius 2 is 1.40 bits per heavy atom. The molecule has 0 rings (SSSR count). The van der Waals surface area contributed by atoms with Crippen molar-refractivity contribution in [2.45, 2.75) is 45.1 Å². The van der Waals surface area contributed by atoms with Crippen molar-refractivity contribution in [3.63, 3.8) is 0 Å². The van der Waals surface area contributed by atoms with Crippen LogP contribution in [0.5, 0.6) is 0 Å². The van der Waals surface area contributed by atoms with E-state index in [-0.39, 0.29) is 11.1 Å². The molecule has 0 aliphatic rings. The van der Waals surface area contributed by atoms with Gasteiger partial charge in [-0.2, -0.15) is 17.6 Å². The molecule has 144 valence electrons. The second-order valence-corrected chi connectivity index (χ2v) is 5.44. The third kappa shape index (κ3) is 5.50. The summed E-state index contributed by atoms with van der Waals surface area (Å²) < 4.78 is 87.7. The van der Waals surface area contributed by atoms with E-state index in [4.69, 9.17) is 0 Å². The third-order valence-corrected chi connectivity index (χ3v) is 3.18. The summed E-state index contributed by atoms with van der Waals surface area (Å²) >= 11 is 0. The van der Waals surface area contributed by atoms with Gasteiger partial charge in [-0.05, 0) is 13.8 Å². The van der Waals surface area contributed by atoms with Crippen molar-refractivity contribution < 1.29 is 45.4 Å². The maximum absolute atomic E-state index is 13.8. The molecule has 0 amide bonds. The summed E-state index contributed by atoms with van der Waals surface area (Å²) in [6, 6.07) is 0. The Bertz CT molecular complexity index is 544. The van der Waals surface area contributed by atoms with Crippen LogP contribution in [0.2, 0.25) is 0 Å². The second-order valence-electron chi connectivity index (χ2n) is 5.44. The van der Waals surface area contributed by atoms with E-state index in [1.807, 2.05) is 0 Å². The van der Waals surface area contributed by atoms with Crippen LogP contribution in [0.25, 0.3) is 0 Å². The average molecular weight is 376 g/mol. The van der Waals surface area contributed by atoms with Crippen LogP contribution >= 0.6 is 0 Å². The Labute approximate surface area is 140 Å². The monoisotopic (exact) mass is 376 g/mol. The Morgan fingerprint density at radius 1 is 0.960 bits per heavy atom. The minimum atomic E-state index is -5.68. The van der Waals surface area contributed by atoms with E-state index in [9.17, 15) is 35.9 Å². The zero-order valence-corrected chi connectivity index (χ0v) is 13.8. The first kappa shape index (κ1) is 23.0. The minimum absolute atomic E-state index is 0.137. The normalized spacial score (nSPS) is 14.6. The number of esters is 2. The fraction of sp³-hybridized carbons (Fsp3) is 0.600. The number of carbonyl (C=O) groups excluding carboxylic acids is 2. The fourth-order valence-electron chi connectivity index (χ4n) is 1.48. The van der Waals surface area contributed by atoms with Crippen molar-refractivity contribution in [2.75, 3.05) is 6.61 Å². The summed E-state index contributed by atoms with van der Waals surface area (Å²) in [5, 5.41) is 0. The fourth-order valence-corrected chi connectivity index (χ4v) is 1.48. The van der Waals surface area contributed by atoms with E-state index in [1.165, 1.54) is 6.92 Å². The molecule has 4 nitrogen and oxygen atoms in total. The van der Waals surface area contributed by atoms with E-state index >= 15 is 0 Å². The first-order valence-electron chi connectivity index (χ1n) is 6.89. The number of halogens is 6. The van der Waals surface area contributed by atoms with E-state index in [0.29, 0.717) is 6.92 Å². The number of hydrogen-bond acceptors (Lipinski definition) is 4. The predicted octanol–water partition coefficient (Wildman–Crippen LogP) is 3.77. The molecular weight excluding hydrogens is 358 g/mol. The van der Waals surface area contributed by atoms with Crippen LogP contribution < -0.4 is 0 Å². The van der Waals surface area contributed by atoms with Crippen LogP contribution in [-0.2, 0) is 19.1 Å². The molecule has 10 heteroatoms. The molecule has 0 bridgehead atoms. The van der Waals surface area contributed by atoms with Gasteiger partial charge in [-0.3, -0.25) is 0 Å². The van der Waals surface area contributed by atoms with E-state index in [2.05, 4.69) is 22.6 Å². The lowest BCUT2D eigenvalue weighted by Crippen LogP contribution is -2.54.